The van der Waals surface area contributed by atoms with Crippen LogP contribution in [0, 0.1) is 0 Å². The van der Waals surface area contributed by atoms with E-state index in [4.69, 9.17) is 4.74 Å². The number of fused-ring (bicyclic) bond motifs is 1. The predicted octanol–water partition coefficient (Wildman–Crippen LogP) is 3.91. The fourth-order valence-electron chi connectivity index (χ4n) is 3.86. The average Bonchev–Trinajstić information content (AvgIpc) is 3.02. The number of aliphatic hydroxyl groups is 1. The average molecular weight is 387 g/mol. The zero-order chi connectivity index (χ0) is 20.4. The molecule has 5 nitrogen and oxygen atoms in total. The van der Waals surface area contributed by atoms with Gasteiger partial charge in [-0.05, 0) is 16.3 Å². The van der Waals surface area contributed by atoms with Crippen molar-refractivity contribution in [2.24, 2.45) is 0 Å². The lowest BCUT2D eigenvalue weighted by Crippen LogP contribution is -2.32. The largest absolute Gasteiger partial charge is 0.507 e. The van der Waals surface area contributed by atoms with E-state index in [1.807, 2.05) is 48.5 Å². The van der Waals surface area contributed by atoms with Gasteiger partial charge in [-0.2, -0.15) is 0 Å². The monoisotopic (exact) mass is 387 g/mol. The Balaban J connectivity index is 1.96. The van der Waals surface area contributed by atoms with Crippen LogP contribution in [-0.4, -0.2) is 42.0 Å². The molecule has 1 saturated heterocycles. The van der Waals surface area contributed by atoms with E-state index in [1.165, 1.54) is 4.90 Å². The molecule has 0 radical (unpaired) electrons. The highest BCUT2D eigenvalue weighted by atomic mass is 16.5. The molecule has 4 rings (SSSR count). The van der Waals surface area contributed by atoms with Crippen molar-refractivity contribution in [3.8, 4) is 0 Å². The quantitative estimate of drug-likeness (QED) is 0.410. The molecule has 1 amide bonds. The molecule has 1 aliphatic rings. The minimum atomic E-state index is -0.684. The molecule has 1 aliphatic heterocycles. The first-order valence-corrected chi connectivity index (χ1v) is 9.44. The first-order valence-electron chi connectivity index (χ1n) is 9.44. The van der Waals surface area contributed by atoms with Crippen molar-refractivity contribution in [1.29, 1.82) is 0 Å². The molecular weight excluding hydrogens is 366 g/mol. The van der Waals surface area contributed by atoms with E-state index in [-0.39, 0.29) is 17.9 Å². The number of methoxy groups -OCH3 is 1. The maximum atomic E-state index is 13.0. The highest BCUT2D eigenvalue weighted by molar-refractivity contribution is 6.46. The number of carbonyl (C=O) groups excluding carboxylic acids is 2. The van der Waals surface area contributed by atoms with E-state index in [9.17, 15) is 14.7 Å². The minimum Gasteiger partial charge on any atom is -0.507 e. The van der Waals surface area contributed by atoms with Gasteiger partial charge in [0.25, 0.3) is 11.7 Å². The molecule has 0 saturated carbocycles. The summed E-state index contributed by atoms with van der Waals surface area (Å²) in [6, 6.07) is 21.7. The summed E-state index contributed by atoms with van der Waals surface area (Å²) in [4.78, 5) is 27.3. The molecule has 5 heteroatoms. The first-order chi connectivity index (χ1) is 14.1. The van der Waals surface area contributed by atoms with Crippen LogP contribution in [0.5, 0.6) is 0 Å². The number of Topliss-reactive ketones (excluding diaryl/α,β-unsaturated/α-hetero) is 1. The van der Waals surface area contributed by atoms with Crippen molar-refractivity contribution in [1.82, 2.24) is 4.90 Å². The molecule has 1 fully saturated rings. The lowest BCUT2D eigenvalue weighted by molar-refractivity contribution is -0.140. The number of carbonyl (C=O) groups is 2. The summed E-state index contributed by atoms with van der Waals surface area (Å²) < 4.78 is 5.16. The van der Waals surface area contributed by atoms with Crippen LogP contribution in [0.3, 0.4) is 0 Å². The van der Waals surface area contributed by atoms with Crippen molar-refractivity contribution in [2.45, 2.75) is 6.04 Å². The molecule has 146 valence electrons. The second-order valence-electron chi connectivity index (χ2n) is 6.92. The predicted molar refractivity (Wildman–Crippen MR) is 111 cm³/mol. The van der Waals surface area contributed by atoms with Crippen LogP contribution < -0.4 is 0 Å². The van der Waals surface area contributed by atoms with Crippen LogP contribution in [-0.2, 0) is 14.3 Å². The number of nitrogens with zero attached hydrogens (tertiary/aromatic N) is 1. The summed E-state index contributed by atoms with van der Waals surface area (Å²) in [5.74, 6) is -1.47. The second-order valence-corrected chi connectivity index (χ2v) is 6.92. The van der Waals surface area contributed by atoms with Gasteiger partial charge in [0, 0.05) is 19.2 Å². The number of aliphatic hydroxyl groups excluding tert-OH is 1. The van der Waals surface area contributed by atoms with Crippen molar-refractivity contribution in [3.63, 3.8) is 0 Å². The fraction of sp³-hybridized carbons (Fsp3) is 0.167. The zero-order valence-corrected chi connectivity index (χ0v) is 16.0. The summed E-state index contributed by atoms with van der Waals surface area (Å²) in [6.07, 6.45) is 0. The van der Waals surface area contributed by atoms with Crippen LogP contribution >= 0.6 is 0 Å². The van der Waals surface area contributed by atoms with Gasteiger partial charge in [0.15, 0.2) is 0 Å². The number of rotatable bonds is 5. The highest BCUT2D eigenvalue weighted by Crippen LogP contribution is 2.41. The third kappa shape index (κ3) is 3.30. The Labute approximate surface area is 168 Å². The van der Waals surface area contributed by atoms with Gasteiger partial charge in [0.05, 0.1) is 18.2 Å². The number of hydrogen-bond acceptors (Lipinski definition) is 4. The molecule has 0 aliphatic carbocycles. The van der Waals surface area contributed by atoms with Crippen LogP contribution in [0.15, 0.2) is 78.4 Å². The molecule has 0 bridgehead atoms. The summed E-state index contributed by atoms with van der Waals surface area (Å²) in [7, 11) is 1.55. The van der Waals surface area contributed by atoms with Gasteiger partial charge >= 0.3 is 0 Å². The third-order valence-electron chi connectivity index (χ3n) is 5.24. The maximum absolute atomic E-state index is 13.0. The van der Waals surface area contributed by atoms with Gasteiger partial charge in [0.2, 0.25) is 0 Å². The van der Waals surface area contributed by atoms with Gasteiger partial charge in [0.1, 0.15) is 5.76 Å². The molecule has 3 aromatic carbocycles. The van der Waals surface area contributed by atoms with E-state index < -0.39 is 17.7 Å². The summed E-state index contributed by atoms with van der Waals surface area (Å²) >= 11 is 0. The molecule has 1 N–H and O–H groups in total. The van der Waals surface area contributed by atoms with E-state index in [0.29, 0.717) is 12.2 Å². The normalized spacial score (nSPS) is 18.5. The molecule has 1 atom stereocenters. The molecule has 29 heavy (non-hydrogen) atoms. The lowest BCUT2D eigenvalue weighted by Gasteiger charge is -2.26. The Bertz CT molecular complexity index is 1100. The molecule has 1 heterocycles. The van der Waals surface area contributed by atoms with Gasteiger partial charge in [-0.1, -0.05) is 72.8 Å². The number of likely N-dealkylation sites (tertiary alicyclic amines) is 1. The highest BCUT2D eigenvalue weighted by Gasteiger charge is 2.46. The number of amides is 1. The van der Waals surface area contributed by atoms with Crippen LogP contribution in [0.2, 0.25) is 0 Å². The van der Waals surface area contributed by atoms with Gasteiger partial charge in [-0.3, -0.25) is 9.59 Å². The molecule has 0 aromatic heterocycles. The first kappa shape index (κ1) is 18.9. The van der Waals surface area contributed by atoms with E-state index >= 15 is 0 Å². The van der Waals surface area contributed by atoms with Crippen molar-refractivity contribution < 1.29 is 19.4 Å². The van der Waals surface area contributed by atoms with Crippen LogP contribution in [0.4, 0.5) is 0 Å². The van der Waals surface area contributed by atoms with Gasteiger partial charge in [-0.15, -0.1) is 0 Å². The zero-order valence-electron chi connectivity index (χ0n) is 16.0. The molecular formula is C24H21NO4. The molecule has 3 aromatic rings. The van der Waals surface area contributed by atoms with Crippen molar-refractivity contribution in [3.05, 3.63) is 89.5 Å². The number of ether oxygens (including phenoxy) is 1. The third-order valence-corrected chi connectivity index (χ3v) is 5.24. The lowest BCUT2D eigenvalue weighted by atomic mass is 9.91. The second kappa shape index (κ2) is 7.89. The Morgan fingerprint density at radius 3 is 2.41 bits per heavy atom. The number of ketones is 1. The van der Waals surface area contributed by atoms with Gasteiger partial charge in [-0.25, -0.2) is 0 Å². The standard InChI is InChI=1S/C24H21NO4/c1-29-15-14-25-21(19-13-7-11-16-8-5-6-12-18(16)19)20(23(27)24(25)28)22(26)17-9-3-2-4-10-17/h2-13,21,26H,14-15H2,1H3/t21-/m0/s1. The van der Waals surface area contributed by atoms with E-state index in [0.717, 1.165) is 16.3 Å². The molecule has 0 spiro atoms. The van der Waals surface area contributed by atoms with E-state index in [1.54, 1.807) is 31.4 Å². The molecule has 0 unspecified atom stereocenters. The van der Waals surface area contributed by atoms with Crippen LogP contribution in [0.1, 0.15) is 17.2 Å². The van der Waals surface area contributed by atoms with Crippen molar-refractivity contribution in [2.75, 3.05) is 20.3 Å². The van der Waals surface area contributed by atoms with Crippen molar-refractivity contribution >= 4 is 28.2 Å². The van der Waals surface area contributed by atoms with E-state index in [2.05, 4.69) is 0 Å². The summed E-state index contributed by atoms with van der Waals surface area (Å²) in [5, 5.41) is 12.9. The Hall–Kier alpha value is -3.44. The number of benzene rings is 3. The maximum Gasteiger partial charge on any atom is 0.295 e. The Morgan fingerprint density at radius 2 is 1.66 bits per heavy atom. The van der Waals surface area contributed by atoms with Crippen LogP contribution in [0.25, 0.3) is 16.5 Å². The summed E-state index contributed by atoms with van der Waals surface area (Å²) in [5.41, 5.74) is 1.41. The fourth-order valence-corrected chi connectivity index (χ4v) is 3.86. The Morgan fingerprint density at radius 1 is 0.966 bits per heavy atom. The smallest absolute Gasteiger partial charge is 0.295 e. The SMILES string of the molecule is COCCN1C(=O)C(=O)C(=C(O)c2ccccc2)[C@@H]1c1cccc2ccccc12. The topological polar surface area (TPSA) is 66.8 Å². The number of hydrogen-bond donors (Lipinski definition) is 1. The minimum absolute atomic E-state index is 0.105. The Kier molecular flexibility index (Phi) is 5.14. The van der Waals surface area contributed by atoms with Gasteiger partial charge < -0.3 is 14.7 Å². The summed E-state index contributed by atoms with van der Waals surface area (Å²) in [6.45, 7) is 0.542.